The number of sulfone groups is 1. The van der Waals surface area contributed by atoms with Gasteiger partial charge >= 0.3 is 0 Å². The minimum absolute atomic E-state index is 0.0474. The number of benzene rings is 1. The van der Waals surface area contributed by atoms with Gasteiger partial charge in [0.25, 0.3) is 0 Å². The molecule has 2 rings (SSSR count). The maximum Gasteiger partial charge on any atom is 0.152 e. The molecule has 21 heavy (non-hydrogen) atoms. The van der Waals surface area contributed by atoms with Crippen LogP contribution in [-0.2, 0) is 9.84 Å². The van der Waals surface area contributed by atoms with Crippen LogP contribution in [0.3, 0.4) is 0 Å². The van der Waals surface area contributed by atoms with Crippen LogP contribution in [0.5, 0.6) is 5.75 Å². The minimum Gasteiger partial charge on any atom is -0.491 e. The van der Waals surface area contributed by atoms with Crippen LogP contribution in [-0.4, -0.2) is 31.1 Å². The molecule has 1 aliphatic rings. The molecule has 2 unspecified atom stereocenters. The van der Waals surface area contributed by atoms with E-state index in [0.29, 0.717) is 11.3 Å². The molecule has 0 amide bonds. The number of aliphatic hydroxyl groups excluding tert-OH is 1. The van der Waals surface area contributed by atoms with Crippen LogP contribution < -0.4 is 4.74 Å². The van der Waals surface area contributed by atoms with E-state index in [0.717, 1.165) is 0 Å². The molecule has 5 nitrogen and oxygen atoms in total. The molecule has 0 bridgehead atoms. The van der Waals surface area contributed by atoms with Gasteiger partial charge in [-0.05, 0) is 38.0 Å². The quantitative estimate of drug-likeness (QED) is 0.917. The van der Waals surface area contributed by atoms with Crippen molar-refractivity contribution in [3.63, 3.8) is 0 Å². The van der Waals surface area contributed by atoms with Gasteiger partial charge in [0, 0.05) is 0 Å². The standard InChI is InChI=1S/C15H19NO4S/c1-11(2)20-13-5-3-12(4-6-13)14(17)15(9-16)7-8-21(18,19)10-15/h3-6,11,14,17H,7-8,10H2,1-2H3. The van der Waals surface area contributed by atoms with E-state index in [4.69, 9.17) is 4.74 Å². The molecule has 1 fully saturated rings. The molecule has 2 atom stereocenters. The molecule has 1 aliphatic heterocycles. The van der Waals surface area contributed by atoms with Gasteiger partial charge in [0.2, 0.25) is 0 Å². The Labute approximate surface area is 125 Å². The highest BCUT2D eigenvalue weighted by molar-refractivity contribution is 7.91. The van der Waals surface area contributed by atoms with Gasteiger partial charge in [0.15, 0.2) is 9.84 Å². The monoisotopic (exact) mass is 309 g/mol. The summed E-state index contributed by atoms with van der Waals surface area (Å²) in [5.41, 5.74) is -0.719. The fourth-order valence-electron chi connectivity index (χ4n) is 2.56. The molecule has 0 saturated carbocycles. The van der Waals surface area contributed by atoms with E-state index in [1.54, 1.807) is 24.3 Å². The molecule has 0 aromatic heterocycles. The molecule has 114 valence electrons. The molecule has 1 aromatic carbocycles. The highest BCUT2D eigenvalue weighted by Gasteiger charge is 2.48. The van der Waals surface area contributed by atoms with E-state index in [1.165, 1.54) is 0 Å². The number of aliphatic hydroxyl groups is 1. The number of rotatable bonds is 4. The van der Waals surface area contributed by atoms with Gasteiger partial charge in [-0.25, -0.2) is 8.42 Å². The van der Waals surface area contributed by atoms with Crippen molar-refractivity contribution >= 4 is 9.84 Å². The molecule has 1 saturated heterocycles. The van der Waals surface area contributed by atoms with Gasteiger partial charge < -0.3 is 9.84 Å². The van der Waals surface area contributed by atoms with Crippen LogP contribution in [0.2, 0.25) is 0 Å². The normalized spacial score (nSPS) is 25.5. The zero-order chi connectivity index (χ0) is 15.7. The molecule has 0 aliphatic carbocycles. The van der Waals surface area contributed by atoms with Crippen LogP contribution in [0, 0.1) is 16.7 Å². The van der Waals surface area contributed by atoms with E-state index in [9.17, 15) is 18.8 Å². The second-order valence-electron chi connectivity index (χ2n) is 5.75. The lowest BCUT2D eigenvalue weighted by atomic mass is 9.80. The maximum atomic E-state index is 11.6. The lowest BCUT2D eigenvalue weighted by Crippen LogP contribution is -2.28. The molecule has 1 aromatic rings. The lowest BCUT2D eigenvalue weighted by Gasteiger charge is -2.26. The van der Waals surface area contributed by atoms with Gasteiger partial charge in [0.1, 0.15) is 11.2 Å². The van der Waals surface area contributed by atoms with Crippen molar-refractivity contribution in [2.24, 2.45) is 5.41 Å². The van der Waals surface area contributed by atoms with E-state index < -0.39 is 21.4 Å². The molecule has 1 N–H and O–H groups in total. The second-order valence-corrected chi connectivity index (χ2v) is 7.93. The van der Waals surface area contributed by atoms with E-state index >= 15 is 0 Å². The van der Waals surface area contributed by atoms with Gasteiger partial charge in [0.05, 0.1) is 29.8 Å². The first-order chi connectivity index (χ1) is 9.78. The van der Waals surface area contributed by atoms with E-state index in [-0.39, 0.29) is 24.0 Å². The van der Waals surface area contributed by atoms with Crippen LogP contribution >= 0.6 is 0 Å². The van der Waals surface area contributed by atoms with Gasteiger partial charge in [-0.1, -0.05) is 12.1 Å². The Balaban J connectivity index is 2.23. The summed E-state index contributed by atoms with van der Waals surface area (Å²) >= 11 is 0. The summed E-state index contributed by atoms with van der Waals surface area (Å²) < 4.78 is 28.8. The zero-order valence-electron chi connectivity index (χ0n) is 12.1. The molecular formula is C15H19NO4S. The summed E-state index contributed by atoms with van der Waals surface area (Å²) in [6.45, 7) is 3.83. The van der Waals surface area contributed by atoms with E-state index in [2.05, 4.69) is 0 Å². The zero-order valence-corrected chi connectivity index (χ0v) is 12.9. The SMILES string of the molecule is CC(C)Oc1ccc(C(O)C2(C#N)CCS(=O)(=O)C2)cc1. The predicted octanol–water partition coefficient (Wildman–Crippen LogP) is 1.84. The largest absolute Gasteiger partial charge is 0.491 e. The van der Waals surface area contributed by atoms with E-state index in [1.807, 2.05) is 19.9 Å². The fourth-order valence-corrected chi connectivity index (χ4v) is 4.53. The summed E-state index contributed by atoms with van der Waals surface area (Å²) in [4.78, 5) is 0. The summed E-state index contributed by atoms with van der Waals surface area (Å²) in [6, 6.07) is 8.79. The van der Waals surface area contributed by atoms with Gasteiger partial charge in [-0.3, -0.25) is 0 Å². The third kappa shape index (κ3) is 3.36. The Bertz CT molecular complexity index is 645. The third-order valence-corrected chi connectivity index (χ3v) is 5.43. The molecule has 1 heterocycles. The Morgan fingerprint density at radius 1 is 1.33 bits per heavy atom. The average Bonchev–Trinajstić information content (AvgIpc) is 2.75. The number of hydrogen-bond acceptors (Lipinski definition) is 5. The Hall–Kier alpha value is -1.58. The third-order valence-electron chi connectivity index (χ3n) is 3.65. The highest BCUT2D eigenvalue weighted by Crippen LogP contribution is 2.43. The summed E-state index contributed by atoms with van der Waals surface area (Å²) in [5, 5.41) is 19.8. The summed E-state index contributed by atoms with van der Waals surface area (Å²) in [6.07, 6.45) is -0.906. The van der Waals surface area contributed by atoms with Crippen molar-refractivity contribution in [2.75, 3.05) is 11.5 Å². The Morgan fingerprint density at radius 2 is 1.95 bits per heavy atom. The summed E-state index contributed by atoms with van der Waals surface area (Å²) in [7, 11) is -3.25. The number of ether oxygens (including phenoxy) is 1. The van der Waals surface area contributed by atoms with Crippen molar-refractivity contribution in [1.29, 1.82) is 5.26 Å². The lowest BCUT2D eigenvalue weighted by molar-refractivity contribution is 0.0792. The number of nitriles is 1. The van der Waals surface area contributed by atoms with Crippen molar-refractivity contribution < 1.29 is 18.3 Å². The summed E-state index contributed by atoms with van der Waals surface area (Å²) in [5.74, 6) is 0.333. The van der Waals surface area contributed by atoms with Crippen molar-refractivity contribution in [1.82, 2.24) is 0 Å². The van der Waals surface area contributed by atoms with Gasteiger partial charge in [-0.15, -0.1) is 0 Å². The minimum atomic E-state index is -3.25. The van der Waals surface area contributed by atoms with Crippen molar-refractivity contribution in [3.05, 3.63) is 29.8 Å². The van der Waals surface area contributed by atoms with Gasteiger partial charge in [-0.2, -0.15) is 5.26 Å². The topological polar surface area (TPSA) is 87.4 Å². The predicted molar refractivity (Wildman–Crippen MR) is 78.5 cm³/mol. The molecule has 0 radical (unpaired) electrons. The molecule has 6 heteroatoms. The van der Waals surface area contributed by atoms with Crippen LogP contribution in [0.25, 0.3) is 0 Å². The first-order valence-corrected chi connectivity index (χ1v) is 8.66. The Kier molecular flexibility index (Phi) is 4.26. The van der Waals surface area contributed by atoms with Crippen LogP contribution in [0.15, 0.2) is 24.3 Å². The second kappa shape index (κ2) is 5.66. The fraction of sp³-hybridized carbons (Fsp3) is 0.533. The average molecular weight is 309 g/mol. The van der Waals surface area contributed by atoms with Crippen molar-refractivity contribution in [3.8, 4) is 11.8 Å². The first-order valence-electron chi connectivity index (χ1n) is 6.84. The Morgan fingerprint density at radius 3 is 2.38 bits per heavy atom. The number of nitrogens with zero attached hydrogens (tertiary/aromatic N) is 1. The van der Waals surface area contributed by atoms with Crippen LogP contribution in [0.4, 0.5) is 0 Å². The first kappa shape index (κ1) is 15.8. The highest BCUT2D eigenvalue weighted by atomic mass is 32.2. The maximum absolute atomic E-state index is 11.6. The van der Waals surface area contributed by atoms with Crippen LogP contribution in [0.1, 0.15) is 31.9 Å². The van der Waals surface area contributed by atoms with Crippen molar-refractivity contribution in [2.45, 2.75) is 32.5 Å². The molecular weight excluding hydrogens is 290 g/mol. The smallest absolute Gasteiger partial charge is 0.152 e. The molecule has 0 spiro atoms. The number of hydrogen-bond donors (Lipinski definition) is 1.